The molecule has 0 amide bonds. The maximum absolute atomic E-state index is 11.8. The molecule has 2 atom stereocenters. The van der Waals surface area contributed by atoms with Gasteiger partial charge in [-0.05, 0) is 6.92 Å². The third-order valence-electron chi connectivity index (χ3n) is 3.15. The first-order valence-corrected chi connectivity index (χ1v) is 8.72. The monoisotopic (exact) mass is 268 g/mol. The first-order valence-electron chi connectivity index (χ1n) is 5.29. The average molecular weight is 268 g/mol. The van der Waals surface area contributed by atoms with Crippen LogP contribution in [0.5, 0.6) is 0 Å². The van der Waals surface area contributed by atoms with Crippen molar-refractivity contribution < 1.29 is 16.8 Å². The Morgan fingerprint density at radius 1 is 1.38 bits per heavy atom. The highest BCUT2D eigenvalue weighted by atomic mass is 32.2. The van der Waals surface area contributed by atoms with Crippen LogP contribution in [0.25, 0.3) is 0 Å². The van der Waals surface area contributed by atoms with E-state index >= 15 is 0 Å². The van der Waals surface area contributed by atoms with Crippen LogP contribution in [0.4, 0.5) is 0 Å². The zero-order chi connectivity index (χ0) is 12.0. The molecule has 8 heteroatoms. The van der Waals surface area contributed by atoms with E-state index in [4.69, 9.17) is 0 Å². The summed E-state index contributed by atoms with van der Waals surface area (Å²) in [6.45, 7) is 2.47. The van der Waals surface area contributed by atoms with Gasteiger partial charge >= 0.3 is 0 Å². The van der Waals surface area contributed by atoms with Gasteiger partial charge < -0.3 is 5.32 Å². The van der Waals surface area contributed by atoms with Gasteiger partial charge in [-0.3, -0.25) is 0 Å². The number of nitrogens with zero attached hydrogens (tertiary/aromatic N) is 1. The van der Waals surface area contributed by atoms with Crippen molar-refractivity contribution in [3.8, 4) is 0 Å². The number of sulfone groups is 1. The summed E-state index contributed by atoms with van der Waals surface area (Å²) in [5.41, 5.74) is 0. The average Bonchev–Trinajstić information content (AvgIpc) is 2.50. The molecule has 2 aliphatic rings. The van der Waals surface area contributed by atoms with Gasteiger partial charge in [-0.25, -0.2) is 16.8 Å². The molecule has 2 aliphatic heterocycles. The Morgan fingerprint density at radius 3 is 2.69 bits per heavy atom. The second kappa shape index (κ2) is 3.94. The Labute approximate surface area is 96.0 Å². The molecular weight excluding hydrogens is 252 g/mol. The Morgan fingerprint density at radius 2 is 2.06 bits per heavy atom. The maximum Gasteiger partial charge on any atom is 0.214 e. The van der Waals surface area contributed by atoms with Gasteiger partial charge in [-0.2, -0.15) is 4.31 Å². The highest BCUT2D eigenvalue weighted by Gasteiger charge is 2.46. The highest BCUT2D eigenvalue weighted by molar-refractivity contribution is 7.92. The third-order valence-corrected chi connectivity index (χ3v) is 6.77. The van der Waals surface area contributed by atoms with E-state index in [1.165, 1.54) is 4.31 Å². The summed E-state index contributed by atoms with van der Waals surface area (Å²) >= 11 is 0. The van der Waals surface area contributed by atoms with E-state index < -0.39 is 25.9 Å². The topological polar surface area (TPSA) is 83.6 Å². The lowest BCUT2D eigenvalue weighted by molar-refractivity contribution is 0.247. The molecule has 2 heterocycles. The lowest BCUT2D eigenvalue weighted by Crippen LogP contribution is -2.59. The third kappa shape index (κ3) is 2.11. The van der Waals surface area contributed by atoms with Crippen molar-refractivity contribution >= 4 is 19.9 Å². The van der Waals surface area contributed by atoms with Crippen LogP contribution in [-0.2, 0) is 19.9 Å². The van der Waals surface area contributed by atoms with Crippen molar-refractivity contribution in [2.75, 3.05) is 30.3 Å². The molecule has 0 spiro atoms. The Bertz CT molecular complexity index is 470. The minimum atomic E-state index is -3.30. The minimum Gasteiger partial charge on any atom is -0.310 e. The molecule has 94 valence electrons. The zero-order valence-electron chi connectivity index (χ0n) is 9.09. The zero-order valence-corrected chi connectivity index (χ0v) is 10.7. The van der Waals surface area contributed by atoms with Crippen molar-refractivity contribution in [1.29, 1.82) is 0 Å². The lowest BCUT2D eigenvalue weighted by atomic mass is 10.1. The first-order chi connectivity index (χ1) is 7.36. The van der Waals surface area contributed by atoms with Crippen LogP contribution in [0.1, 0.15) is 6.92 Å². The van der Waals surface area contributed by atoms with E-state index in [9.17, 15) is 16.8 Å². The van der Waals surface area contributed by atoms with Crippen molar-refractivity contribution in [2.24, 2.45) is 0 Å². The number of hydrogen-bond donors (Lipinski definition) is 1. The Hall–Kier alpha value is -0.180. The van der Waals surface area contributed by atoms with Crippen LogP contribution >= 0.6 is 0 Å². The van der Waals surface area contributed by atoms with Gasteiger partial charge in [0.1, 0.15) is 0 Å². The van der Waals surface area contributed by atoms with Gasteiger partial charge in [0.25, 0.3) is 0 Å². The number of nitrogens with one attached hydrogen (secondary N) is 1. The van der Waals surface area contributed by atoms with Gasteiger partial charge in [0.2, 0.25) is 10.0 Å². The van der Waals surface area contributed by atoms with Gasteiger partial charge in [-0.1, -0.05) is 0 Å². The van der Waals surface area contributed by atoms with Crippen LogP contribution < -0.4 is 5.32 Å². The second-order valence-electron chi connectivity index (χ2n) is 4.22. The fourth-order valence-corrected chi connectivity index (χ4v) is 5.73. The molecule has 2 fully saturated rings. The maximum atomic E-state index is 11.8. The van der Waals surface area contributed by atoms with E-state index in [0.29, 0.717) is 13.1 Å². The van der Waals surface area contributed by atoms with Crippen LogP contribution in [0, 0.1) is 0 Å². The van der Waals surface area contributed by atoms with Gasteiger partial charge in [0.15, 0.2) is 9.84 Å². The predicted molar refractivity (Wildman–Crippen MR) is 60.4 cm³/mol. The number of rotatable bonds is 2. The predicted octanol–water partition coefficient (Wildman–Crippen LogP) is -1.59. The largest absolute Gasteiger partial charge is 0.310 e. The van der Waals surface area contributed by atoms with E-state index in [2.05, 4.69) is 5.32 Å². The van der Waals surface area contributed by atoms with Gasteiger partial charge in [0.05, 0.1) is 23.3 Å². The SMILES string of the molecule is CCS(=O)(=O)N1CCN[C@H]2CS(=O)(=O)C[C@H]21. The summed E-state index contributed by atoms with van der Waals surface area (Å²) in [6.07, 6.45) is 0. The fraction of sp³-hybridized carbons (Fsp3) is 1.00. The molecule has 16 heavy (non-hydrogen) atoms. The smallest absolute Gasteiger partial charge is 0.214 e. The summed E-state index contributed by atoms with van der Waals surface area (Å²) in [6, 6.07) is -0.649. The Kier molecular flexibility index (Phi) is 3.02. The van der Waals surface area contributed by atoms with Crippen LogP contribution in [-0.4, -0.2) is 63.6 Å². The molecule has 2 rings (SSSR count). The van der Waals surface area contributed by atoms with Crippen LogP contribution in [0.3, 0.4) is 0 Å². The molecule has 1 N–H and O–H groups in total. The van der Waals surface area contributed by atoms with Crippen molar-refractivity contribution in [2.45, 2.75) is 19.0 Å². The van der Waals surface area contributed by atoms with Crippen molar-refractivity contribution in [3.63, 3.8) is 0 Å². The summed E-state index contributed by atoms with van der Waals surface area (Å²) in [5.74, 6) is 0.0214. The van der Waals surface area contributed by atoms with E-state index in [-0.39, 0.29) is 23.3 Å². The standard InChI is InChI=1S/C8H16N2O4S2/c1-2-16(13,14)10-4-3-9-7-5-15(11,12)6-8(7)10/h7-9H,2-6H2,1H3/t7-,8+/m0/s1. The number of fused-ring (bicyclic) bond motifs is 1. The molecule has 0 aromatic heterocycles. The quantitative estimate of drug-likeness (QED) is 0.652. The number of sulfonamides is 1. The molecular formula is C8H16N2O4S2. The Balaban J connectivity index is 2.30. The molecule has 6 nitrogen and oxygen atoms in total. The first kappa shape index (κ1) is 12.3. The van der Waals surface area contributed by atoms with Crippen molar-refractivity contribution in [3.05, 3.63) is 0 Å². The number of hydrogen-bond acceptors (Lipinski definition) is 5. The summed E-state index contributed by atoms with van der Waals surface area (Å²) in [4.78, 5) is 0. The van der Waals surface area contributed by atoms with Crippen LogP contribution in [0.15, 0.2) is 0 Å². The minimum absolute atomic E-state index is 0.0241. The summed E-state index contributed by atoms with van der Waals surface area (Å²) in [7, 11) is -6.40. The van der Waals surface area contributed by atoms with Gasteiger partial charge in [0, 0.05) is 19.1 Å². The molecule has 2 saturated heterocycles. The van der Waals surface area contributed by atoms with E-state index in [0.717, 1.165) is 0 Å². The molecule has 0 saturated carbocycles. The van der Waals surface area contributed by atoms with Crippen molar-refractivity contribution in [1.82, 2.24) is 9.62 Å². The molecule has 0 aliphatic carbocycles. The second-order valence-corrected chi connectivity index (χ2v) is 8.58. The van der Waals surface area contributed by atoms with Gasteiger partial charge in [-0.15, -0.1) is 0 Å². The van der Waals surface area contributed by atoms with E-state index in [1.54, 1.807) is 6.92 Å². The molecule has 0 bridgehead atoms. The lowest BCUT2D eigenvalue weighted by Gasteiger charge is -2.36. The highest BCUT2D eigenvalue weighted by Crippen LogP contribution is 2.23. The molecule has 0 aromatic rings. The fourth-order valence-electron chi connectivity index (χ4n) is 2.34. The normalized spacial score (nSPS) is 34.8. The summed E-state index contributed by atoms with van der Waals surface area (Å²) in [5, 5.41) is 3.08. The molecule has 0 unspecified atom stereocenters. The van der Waals surface area contributed by atoms with Crippen LogP contribution in [0.2, 0.25) is 0 Å². The molecule has 0 aromatic carbocycles. The number of piperazine rings is 1. The molecule has 0 radical (unpaired) electrons. The summed E-state index contributed by atoms with van der Waals surface area (Å²) < 4.78 is 48.0. The van der Waals surface area contributed by atoms with E-state index in [1.807, 2.05) is 0 Å².